The first-order chi connectivity index (χ1) is 14.1. The zero-order chi connectivity index (χ0) is 20.0. The molecule has 5 rings (SSSR count). The normalized spacial score (nSPS) is 11.5. The number of pyridine rings is 1. The molecule has 3 heterocycles. The summed E-state index contributed by atoms with van der Waals surface area (Å²) in [5, 5.41) is 2.42. The molecule has 5 aromatic rings. The summed E-state index contributed by atoms with van der Waals surface area (Å²) < 4.78 is 7.18. The Bertz CT molecular complexity index is 1390. The molecular weight excluding hydrogens is 426 g/mol. The van der Waals surface area contributed by atoms with Crippen LogP contribution in [0.25, 0.3) is 32.2 Å². The SMILES string of the molecule is COc1ccc2sc(SCC(=O)c3ccc4[nH]c5ncc(Cl)cc5c4c3)nc2c1. The van der Waals surface area contributed by atoms with Crippen molar-refractivity contribution in [3.63, 3.8) is 0 Å². The Morgan fingerprint density at radius 3 is 2.97 bits per heavy atom. The number of carbonyl (C=O) groups is 1. The molecule has 0 aliphatic rings. The van der Waals surface area contributed by atoms with Crippen LogP contribution in [0.1, 0.15) is 10.4 Å². The minimum Gasteiger partial charge on any atom is -0.497 e. The van der Waals surface area contributed by atoms with Gasteiger partial charge in [-0.05, 0) is 36.4 Å². The summed E-state index contributed by atoms with van der Waals surface area (Å²) in [6.45, 7) is 0. The summed E-state index contributed by atoms with van der Waals surface area (Å²) >= 11 is 9.12. The Kier molecular flexibility index (Phi) is 4.66. The molecule has 2 aromatic carbocycles. The lowest BCUT2D eigenvalue weighted by Crippen LogP contribution is -2.01. The Hall–Kier alpha value is -2.61. The molecule has 29 heavy (non-hydrogen) atoms. The second kappa shape index (κ2) is 7.33. The lowest BCUT2D eigenvalue weighted by atomic mass is 10.1. The molecule has 0 bridgehead atoms. The number of nitrogens with zero attached hydrogens (tertiary/aromatic N) is 2. The van der Waals surface area contributed by atoms with Gasteiger partial charge in [-0.25, -0.2) is 9.97 Å². The van der Waals surface area contributed by atoms with Crippen LogP contribution in [0.3, 0.4) is 0 Å². The lowest BCUT2D eigenvalue weighted by Gasteiger charge is -2.00. The highest BCUT2D eigenvalue weighted by atomic mass is 35.5. The van der Waals surface area contributed by atoms with E-state index >= 15 is 0 Å². The van der Waals surface area contributed by atoms with Crippen LogP contribution in [0.2, 0.25) is 5.02 Å². The monoisotopic (exact) mass is 439 g/mol. The van der Waals surface area contributed by atoms with Gasteiger partial charge in [0.25, 0.3) is 0 Å². The van der Waals surface area contributed by atoms with Crippen molar-refractivity contribution < 1.29 is 9.53 Å². The maximum Gasteiger partial charge on any atom is 0.173 e. The molecule has 0 unspecified atom stereocenters. The molecule has 0 amide bonds. The van der Waals surface area contributed by atoms with Gasteiger partial charge in [0, 0.05) is 34.1 Å². The fourth-order valence-electron chi connectivity index (χ4n) is 3.21. The number of hydrogen-bond donors (Lipinski definition) is 1. The number of fused-ring (bicyclic) bond motifs is 4. The number of thioether (sulfide) groups is 1. The van der Waals surface area contributed by atoms with E-state index < -0.39 is 0 Å². The van der Waals surface area contributed by atoms with Crippen LogP contribution in [-0.4, -0.2) is 33.6 Å². The quantitative estimate of drug-likeness (QED) is 0.270. The largest absolute Gasteiger partial charge is 0.497 e. The molecule has 0 fully saturated rings. The number of ether oxygens (including phenoxy) is 1. The van der Waals surface area contributed by atoms with Crippen LogP contribution >= 0.6 is 34.7 Å². The molecule has 0 saturated heterocycles. The molecule has 0 radical (unpaired) electrons. The lowest BCUT2D eigenvalue weighted by molar-refractivity contribution is 0.102. The highest BCUT2D eigenvalue weighted by Crippen LogP contribution is 2.32. The number of rotatable bonds is 5. The van der Waals surface area contributed by atoms with Crippen molar-refractivity contribution in [2.45, 2.75) is 4.34 Å². The number of Topliss-reactive ketones (excluding diaryl/α,β-unsaturated/α-hetero) is 1. The molecule has 0 aliphatic carbocycles. The number of halogens is 1. The van der Waals surface area contributed by atoms with E-state index in [0.717, 1.165) is 42.2 Å². The number of hydrogen-bond acceptors (Lipinski definition) is 6. The number of aromatic nitrogens is 3. The minimum absolute atomic E-state index is 0.0538. The third-order valence-electron chi connectivity index (χ3n) is 4.64. The van der Waals surface area contributed by atoms with Crippen LogP contribution in [0, 0.1) is 0 Å². The van der Waals surface area contributed by atoms with Gasteiger partial charge in [0.1, 0.15) is 11.4 Å². The van der Waals surface area contributed by atoms with Gasteiger partial charge in [-0.15, -0.1) is 11.3 Å². The van der Waals surface area contributed by atoms with Crippen LogP contribution in [-0.2, 0) is 0 Å². The summed E-state index contributed by atoms with van der Waals surface area (Å²) in [5.41, 5.74) is 3.23. The molecule has 144 valence electrons. The summed E-state index contributed by atoms with van der Waals surface area (Å²) in [6.07, 6.45) is 1.61. The molecule has 8 heteroatoms. The van der Waals surface area contributed by atoms with Gasteiger partial charge in [-0.2, -0.15) is 0 Å². The second-order valence-electron chi connectivity index (χ2n) is 6.46. The number of nitrogens with one attached hydrogen (secondary N) is 1. The van der Waals surface area contributed by atoms with Crippen molar-refractivity contribution in [1.29, 1.82) is 0 Å². The van der Waals surface area contributed by atoms with E-state index in [9.17, 15) is 4.79 Å². The number of benzene rings is 2. The Balaban J connectivity index is 1.39. The van der Waals surface area contributed by atoms with Crippen molar-refractivity contribution in [3.8, 4) is 5.75 Å². The number of thiazole rings is 1. The topological polar surface area (TPSA) is 67.9 Å². The standard InChI is InChI=1S/C21H14ClN3O2S2/c1-27-13-3-5-19-17(8-13)25-21(29-19)28-10-18(26)11-2-4-16-14(6-11)15-7-12(22)9-23-20(15)24-16/h2-9H,10H2,1H3,(H,23,24). The zero-order valence-corrected chi connectivity index (χ0v) is 17.6. The van der Waals surface area contributed by atoms with Crippen molar-refractivity contribution in [3.05, 3.63) is 59.2 Å². The number of methoxy groups -OCH3 is 1. The first-order valence-electron chi connectivity index (χ1n) is 8.78. The Labute approximate surface area is 179 Å². The van der Waals surface area contributed by atoms with Crippen molar-refractivity contribution in [2.24, 2.45) is 0 Å². The van der Waals surface area contributed by atoms with Gasteiger partial charge < -0.3 is 9.72 Å². The van der Waals surface area contributed by atoms with Gasteiger partial charge in [0.2, 0.25) is 0 Å². The van der Waals surface area contributed by atoms with Crippen LogP contribution in [0.15, 0.2) is 53.0 Å². The fraction of sp³-hybridized carbons (Fsp3) is 0.0952. The van der Waals surface area contributed by atoms with Crippen molar-refractivity contribution in [2.75, 3.05) is 12.9 Å². The molecule has 5 nitrogen and oxygen atoms in total. The summed E-state index contributed by atoms with van der Waals surface area (Å²) in [5.74, 6) is 1.15. The highest BCUT2D eigenvalue weighted by molar-refractivity contribution is 8.01. The fourth-order valence-corrected chi connectivity index (χ4v) is 5.31. The second-order valence-corrected chi connectivity index (χ2v) is 9.15. The predicted molar refractivity (Wildman–Crippen MR) is 120 cm³/mol. The van der Waals surface area contributed by atoms with Gasteiger partial charge in [0.05, 0.1) is 28.1 Å². The van der Waals surface area contributed by atoms with Crippen molar-refractivity contribution in [1.82, 2.24) is 15.0 Å². The molecule has 3 aromatic heterocycles. The van der Waals surface area contributed by atoms with Gasteiger partial charge in [-0.3, -0.25) is 4.79 Å². The van der Waals surface area contributed by atoms with Crippen LogP contribution in [0.5, 0.6) is 5.75 Å². The van der Waals surface area contributed by atoms with E-state index in [0.29, 0.717) is 16.3 Å². The number of aromatic amines is 1. The number of carbonyl (C=O) groups excluding carboxylic acids is 1. The molecule has 0 aliphatic heterocycles. The van der Waals surface area contributed by atoms with E-state index in [1.807, 2.05) is 42.5 Å². The zero-order valence-electron chi connectivity index (χ0n) is 15.2. The molecule has 0 spiro atoms. The van der Waals surface area contributed by atoms with E-state index in [-0.39, 0.29) is 5.78 Å². The van der Waals surface area contributed by atoms with E-state index in [1.54, 1.807) is 24.6 Å². The third kappa shape index (κ3) is 3.46. The van der Waals surface area contributed by atoms with Crippen LogP contribution in [0.4, 0.5) is 0 Å². The third-order valence-corrected chi connectivity index (χ3v) is 7.03. The van der Waals surface area contributed by atoms with Gasteiger partial charge >= 0.3 is 0 Å². The highest BCUT2D eigenvalue weighted by Gasteiger charge is 2.13. The first-order valence-corrected chi connectivity index (χ1v) is 11.0. The summed E-state index contributed by atoms with van der Waals surface area (Å²) in [4.78, 5) is 24.9. The summed E-state index contributed by atoms with van der Waals surface area (Å²) in [7, 11) is 1.64. The maximum atomic E-state index is 12.8. The van der Waals surface area contributed by atoms with E-state index in [2.05, 4.69) is 15.0 Å². The molecule has 1 N–H and O–H groups in total. The van der Waals surface area contributed by atoms with Gasteiger partial charge in [-0.1, -0.05) is 23.4 Å². The number of H-pyrrole nitrogens is 1. The number of ketones is 1. The van der Waals surface area contributed by atoms with Crippen LogP contribution < -0.4 is 4.74 Å². The van der Waals surface area contributed by atoms with E-state index in [1.165, 1.54) is 11.8 Å². The summed E-state index contributed by atoms with van der Waals surface area (Å²) in [6, 6.07) is 13.3. The molecule has 0 saturated carbocycles. The average molecular weight is 440 g/mol. The Morgan fingerprint density at radius 2 is 2.10 bits per heavy atom. The minimum atomic E-state index is 0.0538. The Morgan fingerprint density at radius 1 is 1.21 bits per heavy atom. The van der Waals surface area contributed by atoms with Gasteiger partial charge in [0.15, 0.2) is 10.1 Å². The molecular formula is C21H14ClN3O2S2. The molecule has 0 atom stereocenters. The van der Waals surface area contributed by atoms with E-state index in [4.69, 9.17) is 16.3 Å². The first kappa shape index (κ1) is 18.4. The predicted octanol–water partition coefficient (Wildman–Crippen LogP) is 5.96. The van der Waals surface area contributed by atoms with Crippen molar-refractivity contribution >= 4 is 72.6 Å². The maximum absolute atomic E-state index is 12.8. The smallest absolute Gasteiger partial charge is 0.173 e. The average Bonchev–Trinajstić information content (AvgIpc) is 3.31.